The Kier molecular flexibility index (Phi) is 3.72. The second kappa shape index (κ2) is 5.27. The summed E-state index contributed by atoms with van der Waals surface area (Å²) >= 11 is 1.50. The normalized spacial score (nSPS) is 10.4. The molecule has 2 rings (SSSR count). The Morgan fingerprint density at radius 2 is 2.22 bits per heavy atom. The Bertz CT molecular complexity index is 578. The van der Waals surface area contributed by atoms with Crippen LogP contribution in [0.4, 0.5) is 0 Å². The van der Waals surface area contributed by atoms with Crippen molar-refractivity contribution >= 4 is 17.3 Å². The topological polar surface area (TPSA) is 52.1 Å². The number of pyridine rings is 1. The first-order chi connectivity index (χ1) is 8.63. The molecule has 18 heavy (non-hydrogen) atoms. The number of ether oxygens (including phenoxy) is 1. The van der Waals surface area contributed by atoms with Gasteiger partial charge in [-0.1, -0.05) is 0 Å². The number of carbonyl (C=O) groups is 1. The molecule has 2 heterocycles. The van der Waals surface area contributed by atoms with Gasteiger partial charge in [0.15, 0.2) is 5.69 Å². The molecule has 0 bridgehead atoms. The quantitative estimate of drug-likeness (QED) is 0.798. The van der Waals surface area contributed by atoms with Crippen LogP contribution in [-0.2, 0) is 4.74 Å². The Labute approximate surface area is 110 Å². The first-order valence-electron chi connectivity index (χ1n) is 5.69. The second-order valence-corrected chi connectivity index (χ2v) is 5.04. The maximum Gasteiger partial charge on any atom is 0.358 e. The van der Waals surface area contributed by atoms with Crippen molar-refractivity contribution in [1.82, 2.24) is 9.97 Å². The predicted octanol–water partition coefficient (Wildman–Crippen LogP) is 3.00. The molecule has 0 atom stereocenters. The molecule has 0 aliphatic rings. The van der Waals surface area contributed by atoms with Crippen LogP contribution in [0.15, 0.2) is 18.5 Å². The van der Waals surface area contributed by atoms with Gasteiger partial charge in [-0.3, -0.25) is 4.98 Å². The largest absolute Gasteiger partial charge is 0.461 e. The second-order valence-electron chi connectivity index (χ2n) is 3.83. The van der Waals surface area contributed by atoms with E-state index < -0.39 is 0 Å². The molecule has 94 valence electrons. The third kappa shape index (κ3) is 2.41. The van der Waals surface area contributed by atoms with Crippen LogP contribution in [0, 0.1) is 13.8 Å². The summed E-state index contributed by atoms with van der Waals surface area (Å²) < 4.78 is 4.98. The van der Waals surface area contributed by atoms with Crippen LogP contribution in [0.25, 0.3) is 10.6 Å². The molecule has 0 saturated carbocycles. The van der Waals surface area contributed by atoms with Crippen LogP contribution in [-0.4, -0.2) is 22.5 Å². The van der Waals surface area contributed by atoms with E-state index >= 15 is 0 Å². The number of hydrogen-bond donors (Lipinski definition) is 0. The van der Waals surface area contributed by atoms with Crippen LogP contribution < -0.4 is 0 Å². The highest BCUT2D eigenvalue weighted by molar-refractivity contribution is 7.15. The molecule has 0 aliphatic carbocycles. The molecule has 0 saturated heterocycles. The lowest BCUT2D eigenvalue weighted by Crippen LogP contribution is -2.06. The van der Waals surface area contributed by atoms with Gasteiger partial charge >= 0.3 is 5.97 Å². The van der Waals surface area contributed by atoms with Crippen LogP contribution in [0.1, 0.15) is 27.9 Å². The van der Waals surface area contributed by atoms with E-state index in [-0.39, 0.29) is 5.97 Å². The van der Waals surface area contributed by atoms with Crippen molar-refractivity contribution in [1.29, 1.82) is 0 Å². The molecular weight excluding hydrogens is 248 g/mol. The fourth-order valence-corrected chi connectivity index (χ4v) is 2.61. The Morgan fingerprint density at radius 1 is 1.44 bits per heavy atom. The third-order valence-electron chi connectivity index (χ3n) is 2.52. The highest BCUT2D eigenvalue weighted by Crippen LogP contribution is 2.29. The minimum Gasteiger partial charge on any atom is -0.461 e. The maximum atomic E-state index is 11.7. The van der Waals surface area contributed by atoms with Crippen molar-refractivity contribution in [3.05, 3.63) is 34.6 Å². The molecule has 4 nitrogen and oxygen atoms in total. The third-order valence-corrected chi connectivity index (χ3v) is 3.52. The van der Waals surface area contributed by atoms with E-state index in [1.165, 1.54) is 11.3 Å². The molecule has 0 aliphatic heterocycles. The van der Waals surface area contributed by atoms with Gasteiger partial charge in [0.1, 0.15) is 5.01 Å². The minimum atomic E-state index is -0.357. The van der Waals surface area contributed by atoms with Gasteiger partial charge in [0.25, 0.3) is 0 Å². The Morgan fingerprint density at radius 3 is 2.89 bits per heavy atom. The lowest BCUT2D eigenvalue weighted by Gasteiger charge is -2.00. The molecule has 0 N–H and O–H groups in total. The Hall–Kier alpha value is -1.75. The van der Waals surface area contributed by atoms with E-state index in [2.05, 4.69) is 9.97 Å². The number of carbonyl (C=O) groups excluding carboxylic acids is 1. The van der Waals surface area contributed by atoms with Crippen molar-refractivity contribution in [3.63, 3.8) is 0 Å². The van der Waals surface area contributed by atoms with E-state index in [1.54, 1.807) is 19.3 Å². The van der Waals surface area contributed by atoms with E-state index in [0.717, 1.165) is 21.0 Å². The number of aromatic nitrogens is 2. The average Bonchev–Trinajstić information content (AvgIpc) is 2.72. The molecule has 2 aromatic heterocycles. The smallest absolute Gasteiger partial charge is 0.358 e. The molecule has 0 fully saturated rings. The molecule has 5 heteroatoms. The number of thiazole rings is 1. The summed E-state index contributed by atoms with van der Waals surface area (Å²) in [6, 6.07) is 1.91. The molecule has 0 spiro atoms. The predicted molar refractivity (Wildman–Crippen MR) is 70.8 cm³/mol. The average molecular weight is 262 g/mol. The zero-order valence-corrected chi connectivity index (χ0v) is 11.4. The highest BCUT2D eigenvalue weighted by atomic mass is 32.1. The fraction of sp³-hybridized carbons (Fsp3) is 0.308. The number of rotatable bonds is 3. The summed E-state index contributed by atoms with van der Waals surface area (Å²) in [5.74, 6) is -0.357. The highest BCUT2D eigenvalue weighted by Gasteiger charge is 2.17. The van der Waals surface area contributed by atoms with Crippen molar-refractivity contribution in [2.24, 2.45) is 0 Å². The van der Waals surface area contributed by atoms with Gasteiger partial charge in [-0.05, 0) is 32.4 Å². The zero-order valence-electron chi connectivity index (χ0n) is 10.6. The number of esters is 1. The molecular formula is C13H14N2O2S. The molecule has 2 aromatic rings. The standard InChI is InChI=1S/C13H14N2O2S/c1-4-17-13(16)11-9(3)18-12(15-11)10-5-6-14-7-8(10)2/h5-7H,4H2,1-3H3. The molecule has 0 unspecified atom stereocenters. The van der Waals surface area contributed by atoms with Crippen molar-refractivity contribution in [3.8, 4) is 10.6 Å². The minimum absolute atomic E-state index is 0.357. The first kappa shape index (κ1) is 12.7. The van der Waals surface area contributed by atoms with Crippen LogP contribution in [0.5, 0.6) is 0 Å². The summed E-state index contributed by atoms with van der Waals surface area (Å²) in [6.45, 7) is 6.00. The van der Waals surface area contributed by atoms with Gasteiger partial charge in [0.05, 0.1) is 6.61 Å². The van der Waals surface area contributed by atoms with Crippen molar-refractivity contribution < 1.29 is 9.53 Å². The Balaban J connectivity index is 2.41. The summed E-state index contributed by atoms with van der Waals surface area (Å²) in [6.07, 6.45) is 3.51. The summed E-state index contributed by atoms with van der Waals surface area (Å²) in [7, 11) is 0. The van der Waals surface area contributed by atoms with Gasteiger partial charge in [0, 0.05) is 22.8 Å². The van der Waals surface area contributed by atoms with Crippen molar-refractivity contribution in [2.45, 2.75) is 20.8 Å². The molecule has 0 amide bonds. The monoisotopic (exact) mass is 262 g/mol. The molecule has 0 aromatic carbocycles. The van der Waals surface area contributed by atoms with E-state index in [4.69, 9.17) is 4.74 Å². The van der Waals surface area contributed by atoms with E-state index in [1.807, 2.05) is 19.9 Å². The SMILES string of the molecule is CCOC(=O)c1nc(-c2ccncc2C)sc1C. The lowest BCUT2D eigenvalue weighted by molar-refractivity contribution is 0.0519. The number of nitrogens with zero attached hydrogens (tertiary/aromatic N) is 2. The van der Waals surface area contributed by atoms with Gasteiger partial charge in [-0.15, -0.1) is 11.3 Å². The summed E-state index contributed by atoms with van der Waals surface area (Å²) in [5.41, 5.74) is 2.46. The van der Waals surface area contributed by atoms with Crippen LogP contribution in [0.3, 0.4) is 0 Å². The molecule has 0 radical (unpaired) electrons. The summed E-state index contributed by atoms with van der Waals surface area (Å²) in [4.78, 5) is 21.0. The summed E-state index contributed by atoms with van der Waals surface area (Å²) in [5, 5.41) is 0.829. The lowest BCUT2D eigenvalue weighted by atomic mass is 10.2. The zero-order chi connectivity index (χ0) is 13.1. The first-order valence-corrected chi connectivity index (χ1v) is 6.50. The van der Waals surface area contributed by atoms with Gasteiger partial charge in [0.2, 0.25) is 0 Å². The van der Waals surface area contributed by atoms with Crippen molar-refractivity contribution in [2.75, 3.05) is 6.61 Å². The van der Waals surface area contributed by atoms with E-state index in [0.29, 0.717) is 12.3 Å². The van der Waals surface area contributed by atoms with Gasteiger partial charge in [-0.2, -0.15) is 0 Å². The maximum absolute atomic E-state index is 11.7. The van der Waals surface area contributed by atoms with Crippen LogP contribution >= 0.6 is 11.3 Å². The fourth-order valence-electron chi connectivity index (χ4n) is 1.61. The van der Waals surface area contributed by atoms with Crippen LogP contribution in [0.2, 0.25) is 0 Å². The van der Waals surface area contributed by atoms with Gasteiger partial charge in [-0.25, -0.2) is 9.78 Å². The number of aryl methyl sites for hydroxylation is 2. The van der Waals surface area contributed by atoms with E-state index in [9.17, 15) is 4.79 Å². The van der Waals surface area contributed by atoms with Gasteiger partial charge < -0.3 is 4.74 Å². The number of hydrogen-bond acceptors (Lipinski definition) is 5.